The van der Waals surface area contributed by atoms with E-state index in [-0.39, 0.29) is 0 Å². The van der Waals surface area contributed by atoms with Gasteiger partial charge in [0.05, 0.1) is 6.26 Å². The van der Waals surface area contributed by atoms with E-state index in [1.807, 2.05) is 12.1 Å². The molecule has 0 amide bonds. The molecule has 1 heterocycles. The maximum atomic E-state index is 5.55. The fourth-order valence-corrected chi connectivity index (χ4v) is 1.35. The van der Waals surface area contributed by atoms with Crippen LogP contribution in [-0.4, -0.2) is 0 Å². The van der Waals surface area contributed by atoms with Crippen LogP contribution in [0, 0.1) is 6.92 Å². The van der Waals surface area contributed by atoms with E-state index in [2.05, 4.69) is 13.0 Å². The van der Waals surface area contributed by atoms with Crippen molar-refractivity contribution in [2.24, 2.45) is 5.73 Å². The summed E-state index contributed by atoms with van der Waals surface area (Å²) in [5, 5.41) is 1.14. The first-order valence-corrected chi connectivity index (χ1v) is 3.98. The molecule has 0 aliphatic heterocycles. The molecular weight excluding hydrogens is 150 g/mol. The third-order valence-electron chi connectivity index (χ3n) is 2.03. The number of nitrogens with two attached hydrogens (primary N) is 1. The third kappa shape index (κ3) is 1.01. The molecule has 1 aromatic heterocycles. The lowest BCUT2D eigenvalue weighted by Crippen LogP contribution is -1.93. The maximum Gasteiger partial charge on any atom is 0.134 e. The molecule has 0 bridgehead atoms. The summed E-state index contributed by atoms with van der Waals surface area (Å²) in [6.07, 6.45) is 1.73. The number of benzene rings is 1. The van der Waals surface area contributed by atoms with E-state index >= 15 is 0 Å². The van der Waals surface area contributed by atoms with Crippen molar-refractivity contribution in [1.82, 2.24) is 0 Å². The Labute approximate surface area is 71.0 Å². The van der Waals surface area contributed by atoms with Crippen LogP contribution in [0.3, 0.4) is 0 Å². The minimum Gasteiger partial charge on any atom is -0.464 e. The van der Waals surface area contributed by atoms with Gasteiger partial charge in [0, 0.05) is 17.5 Å². The Morgan fingerprint density at radius 3 is 3.00 bits per heavy atom. The van der Waals surface area contributed by atoms with E-state index in [1.54, 1.807) is 6.26 Å². The Morgan fingerprint density at radius 2 is 2.25 bits per heavy atom. The lowest BCUT2D eigenvalue weighted by molar-refractivity contribution is 0.610. The monoisotopic (exact) mass is 161 g/mol. The van der Waals surface area contributed by atoms with Gasteiger partial charge in [0.15, 0.2) is 0 Å². The number of furan rings is 1. The molecule has 62 valence electrons. The largest absolute Gasteiger partial charge is 0.464 e. The van der Waals surface area contributed by atoms with Gasteiger partial charge in [-0.2, -0.15) is 0 Å². The van der Waals surface area contributed by atoms with E-state index in [0.29, 0.717) is 6.54 Å². The Bertz CT molecular complexity index is 403. The second kappa shape index (κ2) is 2.64. The van der Waals surface area contributed by atoms with Gasteiger partial charge in [0.1, 0.15) is 5.58 Å². The van der Waals surface area contributed by atoms with E-state index in [1.165, 1.54) is 5.56 Å². The molecule has 0 aliphatic carbocycles. The molecule has 0 unspecified atom stereocenters. The third-order valence-corrected chi connectivity index (χ3v) is 2.03. The van der Waals surface area contributed by atoms with Gasteiger partial charge < -0.3 is 10.2 Å². The average molecular weight is 161 g/mol. The summed E-state index contributed by atoms with van der Waals surface area (Å²) in [5.74, 6) is 0. The summed E-state index contributed by atoms with van der Waals surface area (Å²) in [7, 11) is 0. The molecule has 0 radical (unpaired) electrons. The summed E-state index contributed by atoms with van der Waals surface area (Å²) < 4.78 is 5.31. The van der Waals surface area contributed by atoms with Crippen LogP contribution >= 0.6 is 0 Å². The van der Waals surface area contributed by atoms with Crippen molar-refractivity contribution in [3.63, 3.8) is 0 Å². The normalized spacial score (nSPS) is 10.8. The van der Waals surface area contributed by atoms with Crippen LogP contribution in [0.15, 0.2) is 28.9 Å². The maximum absolute atomic E-state index is 5.55. The van der Waals surface area contributed by atoms with E-state index in [0.717, 1.165) is 16.5 Å². The van der Waals surface area contributed by atoms with Gasteiger partial charge in [0.2, 0.25) is 0 Å². The molecule has 0 fully saturated rings. The van der Waals surface area contributed by atoms with Crippen LogP contribution in [0.4, 0.5) is 0 Å². The molecule has 2 rings (SSSR count). The minimum atomic E-state index is 0.538. The summed E-state index contributed by atoms with van der Waals surface area (Å²) in [6.45, 7) is 2.60. The molecule has 2 N–H and O–H groups in total. The molecule has 12 heavy (non-hydrogen) atoms. The van der Waals surface area contributed by atoms with Gasteiger partial charge in [0.25, 0.3) is 0 Å². The van der Waals surface area contributed by atoms with Gasteiger partial charge in [-0.3, -0.25) is 0 Å². The standard InChI is InChI=1S/C10H11NO/c1-7-2-3-10-9(4-7)8(5-11)6-12-10/h2-4,6H,5,11H2,1H3. The number of fused-ring (bicyclic) bond motifs is 1. The topological polar surface area (TPSA) is 39.2 Å². The Balaban J connectivity index is 2.75. The molecule has 2 aromatic rings. The molecule has 0 spiro atoms. The van der Waals surface area contributed by atoms with Crippen molar-refractivity contribution in [2.45, 2.75) is 13.5 Å². The van der Waals surface area contributed by atoms with Crippen molar-refractivity contribution < 1.29 is 4.42 Å². The second-order valence-electron chi connectivity index (χ2n) is 2.96. The van der Waals surface area contributed by atoms with Gasteiger partial charge in [-0.25, -0.2) is 0 Å². The molecule has 0 saturated carbocycles. The van der Waals surface area contributed by atoms with Gasteiger partial charge >= 0.3 is 0 Å². The van der Waals surface area contributed by atoms with Crippen LogP contribution in [0.25, 0.3) is 11.0 Å². The first kappa shape index (κ1) is 7.37. The van der Waals surface area contributed by atoms with Crippen molar-refractivity contribution in [2.75, 3.05) is 0 Å². The second-order valence-corrected chi connectivity index (χ2v) is 2.96. The average Bonchev–Trinajstić information content (AvgIpc) is 2.46. The zero-order valence-corrected chi connectivity index (χ0v) is 7.00. The molecule has 0 saturated heterocycles. The Hall–Kier alpha value is -1.28. The first-order chi connectivity index (χ1) is 5.81. The van der Waals surface area contributed by atoms with Crippen molar-refractivity contribution in [3.8, 4) is 0 Å². The lowest BCUT2D eigenvalue weighted by atomic mass is 10.1. The molecule has 2 nitrogen and oxygen atoms in total. The quantitative estimate of drug-likeness (QED) is 0.696. The van der Waals surface area contributed by atoms with Crippen molar-refractivity contribution in [3.05, 3.63) is 35.6 Å². The summed E-state index contributed by atoms with van der Waals surface area (Å²) in [6, 6.07) is 6.11. The smallest absolute Gasteiger partial charge is 0.134 e. The zero-order chi connectivity index (χ0) is 8.55. The fourth-order valence-electron chi connectivity index (χ4n) is 1.35. The van der Waals surface area contributed by atoms with Crippen molar-refractivity contribution in [1.29, 1.82) is 0 Å². The zero-order valence-electron chi connectivity index (χ0n) is 7.00. The lowest BCUT2D eigenvalue weighted by Gasteiger charge is -1.93. The molecule has 1 aromatic carbocycles. The number of rotatable bonds is 1. The Morgan fingerprint density at radius 1 is 1.42 bits per heavy atom. The predicted octanol–water partition coefficient (Wildman–Crippen LogP) is 2.20. The SMILES string of the molecule is Cc1ccc2occ(CN)c2c1. The van der Waals surface area contributed by atoms with Gasteiger partial charge in [-0.05, 0) is 19.1 Å². The van der Waals surface area contributed by atoms with Gasteiger partial charge in [-0.15, -0.1) is 0 Å². The van der Waals surface area contributed by atoms with E-state index < -0.39 is 0 Å². The molecule has 2 heteroatoms. The number of hydrogen-bond acceptors (Lipinski definition) is 2. The minimum absolute atomic E-state index is 0.538. The predicted molar refractivity (Wildman–Crippen MR) is 48.8 cm³/mol. The van der Waals surface area contributed by atoms with E-state index in [9.17, 15) is 0 Å². The highest BCUT2D eigenvalue weighted by Crippen LogP contribution is 2.21. The molecular formula is C10H11NO. The first-order valence-electron chi connectivity index (χ1n) is 3.98. The highest BCUT2D eigenvalue weighted by Gasteiger charge is 2.02. The van der Waals surface area contributed by atoms with Crippen LogP contribution in [0.1, 0.15) is 11.1 Å². The van der Waals surface area contributed by atoms with Crippen LogP contribution < -0.4 is 5.73 Å². The number of hydrogen-bond donors (Lipinski definition) is 1. The Kier molecular flexibility index (Phi) is 1.62. The summed E-state index contributed by atoms with van der Waals surface area (Å²) in [5.41, 5.74) is 8.78. The van der Waals surface area contributed by atoms with Crippen LogP contribution in [0.2, 0.25) is 0 Å². The summed E-state index contributed by atoms with van der Waals surface area (Å²) in [4.78, 5) is 0. The highest BCUT2D eigenvalue weighted by atomic mass is 16.3. The van der Waals surface area contributed by atoms with Gasteiger partial charge in [-0.1, -0.05) is 11.6 Å². The van der Waals surface area contributed by atoms with E-state index in [4.69, 9.17) is 10.2 Å². The molecule has 0 aliphatic rings. The number of aryl methyl sites for hydroxylation is 1. The fraction of sp³-hybridized carbons (Fsp3) is 0.200. The molecule has 0 atom stereocenters. The summed E-state index contributed by atoms with van der Waals surface area (Å²) >= 11 is 0. The highest BCUT2D eigenvalue weighted by molar-refractivity contribution is 5.81. The van der Waals surface area contributed by atoms with Crippen LogP contribution in [-0.2, 0) is 6.54 Å². The van der Waals surface area contributed by atoms with Crippen LogP contribution in [0.5, 0.6) is 0 Å². The van der Waals surface area contributed by atoms with Crippen molar-refractivity contribution >= 4 is 11.0 Å².